The Bertz CT molecular complexity index is 409. The molecule has 0 aliphatic heterocycles. The van der Waals surface area contributed by atoms with Crippen molar-refractivity contribution in [2.75, 3.05) is 14.2 Å². The molecule has 0 spiro atoms. The molecule has 104 valence electrons. The van der Waals surface area contributed by atoms with Gasteiger partial charge >= 0.3 is 11.9 Å². The Balaban J connectivity index is 2.91. The lowest BCUT2D eigenvalue weighted by atomic mass is 9.79. The first kappa shape index (κ1) is 15.2. The minimum absolute atomic E-state index is 0.360. The number of ether oxygens (including phenoxy) is 2. The van der Waals surface area contributed by atoms with Gasteiger partial charge in [-0.2, -0.15) is 0 Å². The van der Waals surface area contributed by atoms with Crippen molar-refractivity contribution in [1.82, 2.24) is 0 Å². The summed E-state index contributed by atoms with van der Waals surface area (Å²) < 4.78 is 9.56. The number of hydrogen-bond donors (Lipinski definition) is 0. The first-order chi connectivity index (χ1) is 9.10. The standard InChI is InChI=1S/C15H20O4/c1-4-15(13(16)18-2,14(17)19-3)11-10-12-8-6-5-7-9-12/h5-9H,4,10-11H2,1-3H3. The molecule has 0 fully saturated rings. The Morgan fingerprint density at radius 2 is 1.58 bits per heavy atom. The van der Waals surface area contributed by atoms with Gasteiger partial charge < -0.3 is 9.47 Å². The van der Waals surface area contributed by atoms with E-state index in [9.17, 15) is 9.59 Å². The van der Waals surface area contributed by atoms with Crippen molar-refractivity contribution in [3.8, 4) is 0 Å². The van der Waals surface area contributed by atoms with Crippen LogP contribution in [-0.2, 0) is 25.5 Å². The number of benzene rings is 1. The molecule has 0 amide bonds. The first-order valence-electron chi connectivity index (χ1n) is 6.31. The summed E-state index contributed by atoms with van der Waals surface area (Å²) in [6.45, 7) is 1.79. The largest absolute Gasteiger partial charge is 0.468 e. The van der Waals surface area contributed by atoms with Crippen LogP contribution in [0.3, 0.4) is 0 Å². The lowest BCUT2D eigenvalue weighted by Crippen LogP contribution is -2.41. The molecule has 1 aromatic carbocycles. The quantitative estimate of drug-likeness (QED) is 0.584. The van der Waals surface area contributed by atoms with Crippen LogP contribution in [0.5, 0.6) is 0 Å². The molecule has 1 rings (SSSR count). The number of methoxy groups -OCH3 is 2. The highest BCUT2D eigenvalue weighted by Gasteiger charge is 2.46. The van der Waals surface area contributed by atoms with E-state index in [1.807, 2.05) is 30.3 Å². The molecular weight excluding hydrogens is 244 g/mol. The second kappa shape index (κ2) is 6.92. The fraction of sp³-hybridized carbons (Fsp3) is 0.467. The number of rotatable bonds is 6. The predicted octanol–water partition coefficient (Wildman–Crippen LogP) is 2.36. The number of carbonyl (C=O) groups is 2. The highest BCUT2D eigenvalue weighted by molar-refractivity contribution is 5.99. The van der Waals surface area contributed by atoms with Gasteiger partial charge in [-0.15, -0.1) is 0 Å². The SMILES string of the molecule is CCC(CCc1ccccc1)(C(=O)OC)C(=O)OC. The second-order valence-corrected chi connectivity index (χ2v) is 4.40. The van der Waals surface area contributed by atoms with Gasteiger partial charge in [0.2, 0.25) is 0 Å². The number of carbonyl (C=O) groups excluding carboxylic acids is 2. The van der Waals surface area contributed by atoms with Gasteiger partial charge in [-0.25, -0.2) is 0 Å². The number of hydrogen-bond acceptors (Lipinski definition) is 4. The molecule has 0 saturated heterocycles. The van der Waals surface area contributed by atoms with E-state index in [1.54, 1.807) is 6.92 Å². The highest BCUT2D eigenvalue weighted by Crippen LogP contribution is 2.31. The maximum atomic E-state index is 12.0. The molecule has 0 radical (unpaired) electrons. The molecule has 0 bridgehead atoms. The van der Waals surface area contributed by atoms with Crippen molar-refractivity contribution < 1.29 is 19.1 Å². The Kier molecular flexibility index (Phi) is 5.55. The van der Waals surface area contributed by atoms with Gasteiger partial charge in [-0.3, -0.25) is 9.59 Å². The molecule has 0 saturated carbocycles. The third-order valence-corrected chi connectivity index (χ3v) is 3.44. The summed E-state index contributed by atoms with van der Waals surface area (Å²) >= 11 is 0. The van der Waals surface area contributed by atoms with Gasteiger partial charge in [0.1, 0.15) is 0 Å². The van der Waals surface area contributed by atoms with Gasteiger partial charge in [-0.05, 0) is 24.8 Å². The summed E-state index contributed by atoms with van der Waals surface area (Å²) in [5.74, 6) is -1.06. The van der Waals surface area contributed by atoms with E-state index in [4.69, 9.17) is 9.47 Å². The molecule has 4 nitrogen and oxygen atoms in total. The molecule has 0 atom stereocenters. The smallest absolute Gasteiger partial charge is 0.323 e. The van der Waals surface area contributed by atoms with E-state index in [2.05, 4.69) is 0 Å². The zero-order valence-electron chi connectivity index (χ0n) is 11.6. The zero-order chi connectivity index (χ0) is 14.3. The van der Waals surface area contributed by atoms with Gasteiger partial charge in [-0.1, -0.05) is 37.3 Å². The molecular formula is C15H20O4. The topological polar surface area (TPSA) is 52.6 Å². The van der Waals surface area contributed by atoms with Crippen LogP contribution in [0, 0.1) is 5.41 Å². The molecule has 0 aliphatic carbocycles. The van der Waals surface area contributed by atoms with Crippen LogP contribution >= 0.6 is 0 Å². The molecule has 0 aromatic heterocycles. The van der Waals surface area contributed by atoms with Crippen molar-refractivity contribution in [1.29, 1.82) is 0 Å². The maximum Gasteiger partial charge on any atom is 0.323 e. The maximum absolute atomic E-state index is 12.0. The normalized spacial score (nSPS) is 10.9. The van der Waals surface area contributed by atoms with Crippen molar-refractivity contribution in [2.24, 2.45) is 5.41 Å². The van der Waals surface area contributed by atoms with Gasteiger partial charge in [0.05, 0.1) is 14.2 Å². The van der Waals surface area contributed by atoms with Crippen LogP contribution < -0.4 is 0 Å². The van der Waals surface area contributed by atoms with Crippen molar-refractivity contribution >= 4 is 11.9 Å². The lowest BCUT2D eigenvalue weighted by Gasteiger charge is -2.26. The van der Waals surface area contributed by atoms with E-state index in [1.165, 1.54) is 14.2 Å². The van der Waals surface area contributed by atoms with Crippen LogP contribution in [0.2, 0.25) is 0 Å². The zero-order valence-corrected chi connectivity index (χ0v) is 11.6. The van der Waals surface area contributed by atoms with Gasteiger partial charge in [0.25, 0.3) is 0 Å². The van der Waals surface area contributed by atoms with Crippen molar-refractivity contribution in [2.45, 2.75) is 26.2 Å². The third kappa shape index (κ3) is 3.34. The van der Waals surface area contributed by atoms with E-state index >= 15 is 0 Å². The second-order valence-electron chi connectivity index (χ2n) is 4.40. The van der Waals surface area contributed by atoms with Gasteiger partial charge in [0.15, 0.2) is 5.41 Å². The molecule has 0 aliphatic rings. The minimum atomic E-state index is -1.21. The lowest BCUT2D eigenvalue weighted by molar-refractivity contribution is -0.170. The summed E-state index contributed by atoms with van der Waals surface area (Å²) in [5.41, 5.74) is -0.132. The summed E-state index contributed by atoms with van der Waals surface area (Å²) in [4.78, 5) is 23.9. The summed E-state index contributed by atoms with van der Waals surface area (Å²) in [7, 11) is 2.58. The summed E-state index contributed by atoms with van der Waals surface area (Å²) in [5, 5.41) is 0. The average Bonchev–Trinajstić information content (AvgIpc) is 2.48. The Morgan fingerprint density at radius 3 is 2.00 bits per heavy atom. The molecule has 0 heterocycles. The van der Waals surface area contributed by atoms with Crippen LogP contribution in [0.15, 0.2) is 30.3 Å². The summed E-state index contributed by atoms with van der Waals surface area (Å²) in [6.07, 6.45) is 1.37. The molecule has 0 N–H and O–H groups in total. The summed E-state index contributed by atoms with van der Waals surface area (Å²) in [6, 6.07) is 9.72. The van der Waals surface area contributed by atoms with Crippen molar-refractivity contribution in [3.63, 3.8) is 0 Å². The van der Waals surface area contributed by atoms with Crippen LogP contribution in [0.4, 0.5) is 0 Å². The predicted molar refractivity (Wildman–Crippen MR) is 71.5 cm³/mol. The molecule has 19 heavy (non-hydrogen) atoms. The van der Waals surface area contributed by atoms with Gasteiger partial charge in [0, 0.05) is 0 Å². The van der Waals surface area contributed by atoms with Crippen molar-refractivity contribution in [3.05, 3.63) is 35.9 Å². The van der Waals surface area contributed by atoms with E-state index in [-0.39, 0.29) is 0 Å². The van der Waals surface area contributed by atoms with Crippen LogP contribution in [-0.4, -0.2) is 26.2 Å². The number of esters is 2. The molecule has 0 unspecified atom stereocenters. The Labute approximate surface area is 113 Å². The van der Waals surface area contributed by atoms with Crippen LogP contribution in [0.1, 0.15) is 25.3 Å². The van der Waals surface area contributed by atoms with E-state index < -0.39 is 17.4 Å². The fourth-order valence-electron chi connectivity index (χ4n) is 2.15. The third-order valence-electron chi connectivity index (χ3n) is 3.44. The first-order valence-corrected chi connectivity index (χ1v) is 6.31. The Morgan fingerprint density at radius 1 is 1.05 bits per heavy atom. The highest BCUT2D eigenvalue weighted by atomic mass is 16.5. The molecule has 4 heteroatoms. The number of aryl methyl sites for hydroxylation is 1. The average molecular weight is 264 g/mol. The minimum Gasteiger partial charge on any atom is -0.468 e. The fourth-order valence-corrected chi connectivity index (χ4v) is 2.15. The van der Waals surface area contributed by atoms with E-state index in [0.29, 0.717) is 19.3 Å². The monoisotopic (exact) mass is 264 g/mol. The van der Waals surface area contributed by atoms with Crippen LogP contribution in [0.25, 0.3) is 0 Å². The van der Waals surface area contributed by atoms with E-state index in [0.717, 1.165) is 5.56 Å². The Hall–Kier alpha value is -1.84. The molecule has 1 aromatic rings.